The highest BCUT2D eigenvalue weighted by atomic mass is 19.1. The summed E-state index contributed by atoms with van der Waals surface area (Å²) in [6.45, 7) is 8.05. The quantitative estimate of drug-likeness (QED) is 0.634. The van der Waals surface area contributed by atoms with E-state index in [-0.39, 0.29) is 11.2 Å². The molecule has 0 aliphatic carbocycles. The smallest absolute Gasteiger partial charge is 0.191 e. The van der Waals surface area contributed by atoms with Crippen LogP contribution < -0.4 is 10.6 Å². The molecule has 0 spiro atoms. The van der Waals surface area contributed by atoms with Crippen LogP contribution in [-0.2, 0) is 12.0 Å². The molecule has 0 saturated carbocycles. The lowest BCUT2D eigenvalue weighted by molar-refractivity contribution is 0.499. The van der Waals surface area contributed by atoms with Crippen molar-refractivity contribution < 1.29 is 8.81 Å². The first-order valence-corrected chi connectivity index (χ1v) is 7.82. The zero-order valence-corrected chi connectivity index (χ0v) is 13.9. The number of nitrogens with zero attached hydrogens (tertiary/aromatic N) is 1. The summed E-state index contributed by atoms with van der Waals surface area (Å²) in [6, 6.07) is 10.5. The molecule has 0 aliphatic heterocycles. The van der Waals surface area contributed by atoms with Gasteiger partial charge in [-0.3, -0.25) is 0 Å². The molecule has 5 heteroatoms. The van der Waals surface area contributed by atoms with Gasteiger partial charge in [-0.15, -0.1) is 0 Å². The normalized spacial score (nSPS) is 12.3. The summed E-state index contributed by atoms with van der Waals surface area (Å²) in [5.74, 6) is 1.31. The molecule has 0 radical (unpaired) electrons. The first-order chi connectivity index (χ1) is 11.0. The number of halogens is 1. The van der Waals surface area contributed by atoms with E-state index in [2.05, 4.69) is 29.5 Å². The maximum absolute atomic E-state index is 13.4. The second kappa shape index (κ2) is 7.81. The number of hydrogen-bond donors (Lipinski definition) is 2. The number of rotatable bonds is 6. The molecule has 0 unspecified atom stereocenters. The lowest BCUT2D eigenvalue weighted by Crippen LogP contribution is -2.43. The van der Waals surface area contributed by atoms with Crippen LogP contribution in [0.5, 0.6) is 0 Å². The predicted octanol–water partition coefficient (Wildman–Crippen LogP) is 3.45. The van der Waals surface area contributed by atoms with Gasteiger partial charge in [0, 0.05) is 18.5 Å². The average molecular weight is 317 g/mol. The summed E-state index contributed by atoms with van der Waals surface area (Å²) < 4.78 is 18.7. The van der Waals surface area contributed by atoms with Crippen molar-refractivity contribution in [2.45, 2.75) is 32.7 Å². The SMILES string of the molecule is CCNC(=NCc1ccco1)NCC(C)(C)c1cccc(F)c1. The van der Waals surface area contributed by atoms with Crippen LogP contribution in [0.2, 0.25) is 0 Å². The van der Waals surface area contributed by atoms with E-state index in [0.717, 1.165) is 17.9 Å². The largest absolute Gasteiger partial charge is 0.467 e. The molecule has 2 rings (SSSR count). The number of guanidine groups is 1. The Kier molecular flexibility index (Phi) is 5.79. The zero-order valence-electron chi connectivity index (χ0n) is 13.9. The number of furan rings is 1. The summed E-state index contributed by atoms with van der Waals surface area (Å²) >= 11 is 0. The molecule has 124 valence electrons. The molecular formula is C18H24FN3O. The van der Waals surface area contributed by atoms with E-state index < -0.39 is 0 Å². The molecule has 0 fully saturated rings. The number of aliphatic imine (C=N–C) groups is 1. The standard InChI is InChI=1S/C18H24FN3O/c1-4-20-17(21-12-16-9-6-10-23-16)22-13-18(2,3)14-7-5-8-15(19)11-14/h5-11H,4,12-13H2,1-3H3,(H2,20,21,22). The van der Waals surface area contributed by atoms with Gasteiger partial charge < -0.3 is 15.1 Å². The van der Waals surface area contributed by atoms with Gasteiger partial charge in [0.05, 0.1) is 6.26 Å². The van der Waals surface area contributed by atoms with E-state index in [4.69, 9.17) is 4.42 Å². The Morgan fingerprint density at radius 2 is 2.04 bits per heavy atom. The Bertz CT molecular complexity index is 635. The van der Waals surface area contributed by atoms with Gasteiger partial charge in [-0.1, -0.05) is 26.0 Å². The third-order valence-corrected chi connectivity index (χ3v) is 3.62. The maximum Gasteiger partial charge on any atom is 0.191 e. The summed E-state index contributed by atoms with van der Waals surface area (Å²) in [5, 5.41) is 6.52. The van der Waals surface area contributed by atoms with Crippen LogP contribution in [0.15, 0.2) is 52.1 Å². The minimum atomic E-state index is -0.219. The first kappa shape index (κ1) is 17.1. The van der Waals surface area contributed by atoms with Crippen molar-refractivity contribution in [2.24, 2.45) is 4.99 Å². The van der Waals surface area contributed by atoms with E-state index >= 15 is 0 Å². The summed E-state index contributed by atoms with van der Waals surface area (Å²) in [6.07, 6.45) is 1.64. The van der Waals surface area contributed by atoms with Crippen LogP contribution in [0.25, 0.3) is 0 Å². The fraction of sp³-hybridized carbons (Fsp3) is 0.389. The highest BCUT2D eigenvalue weighted by Gasteiger charge is 2.21. The van der Waals surface area contributed by atoms with Gasteiger partial charge >= 0.3 is 0 Å². The molecule has 0 bridgehead atoms. The lowest BCUT2D eigenvalue weighted by atomic mass is 9.84. The maximum atomic E-state index is 13.4. The first-order valence-electron chi connectivity index (χ1n) is 7.82. The third-order valence-electron chi connectivity index (χ3n) is 3.62. The van der Waals surface area contributed by atoms with Crippen LogP contribution in [0.4, 0.5) is 4.39 Å². The number of hydrogen-bond acceptors (Lipinski definition) is 2. The lowest BCUT2D eigenvalue weighted by Gasteiger charge is -2.26. The topological polar surface area (TPSA) is 49.6 Å². The van der Waals surface area contributed by atoms with E-state index in [1.165, 1.54) is 6.07 Å². The van der Waals surface area contributed by atoms with E-state index in [1.54, 1.807) is 18.4 Å². The molecule has 0 amide bonds. The van der Waals surface area contributed by atoms with Crippen molar-refractivity contribution in [2.75, 3.05) is 13.1 Å². The fourth-order valence-corrected chi connectivity index (χ4v) is 2.22. The fourth-order valence-electron chi connectivity index (χ4n) is 2.22. The zero-order chi connectivity index (χ0) is 16.7. The Hall–Kier alpha value is -2.30. The minimum Gasteiger partial charge on any atom is -0.467 e. The average Bonchev–Trinajstić information content (AvgIpc) is 3.03. The number of nitrogens with one attached hydrogen (secondary N) is 2. The molecule has 0 saturated heterocycles. The van der Waals surface area contributed by atoms with Gasteiger partial charge in [-0.25, -0.2) is 9.38 Å². The third kappa shape index (κ3) is 5.13. The van der Waals surface area contributed by atoms with Crippen LogP contribution in [0, 0.1) is 5.82 Å². The second-order valence-corrected chi connectivity index (χ2v) is 6.02. The van der Waals surface area contributed by atoms with Crippen molar-refractivity contribution in [3.8, 4) is 0 Å². The van der Waals surface area contributed by atoms with Crippen LogP contribution in [0.1, 0.15) is 32.1 Å². The Balaban J connectivity index is 2.00. The van der Waals surface area contributed by atoms with E-state index in [1.807, 2.05) is 25.1 Å². The van der Waals surface area contributed by atoms with Crippen molar-refractivity contribution in [1.29, 1.82) is 0 Å². The monoisotopic (exact) mass is 317 g/mol. The van der Waals surface area contributed by atoms with Gasteiger partial charge in [0.25, 0.3) is 0 Å². The molecule has 1 heterocycles. The Morgan fingerprint density at radius 1 is 1.22 bits per heavy atom. The molecule has 2 N–H and O–H groups in total. The minimum absolute atomic E-state index is 0.214. The van der Waals surface area contributed by atoms with Gasteiger partial charge in [-0.2, -0.15) is 0 Å². The molecule has 1 aromatic carbocycles. The van der Waals surface area contributed by atoms with Gasteiger partial charge in [0.2, 0.25) is 0 Å². The van der Waals surface area contributed by atoms with Gasteiger partial charge in [0.1, 0.15) is 18.1 Å². The van der Waals surface area contributed by atoms with E-state index in [0.29, 0.717) is 19.0 Å². The van der Waals surface area contributed by atoms with Gasteiger partial charge in [0.15, 0.2) is 5.96 Å². The molecule has 4 nitrogen and oxygen atoms in total. The van der Waals surface area contributed by atoms with Gasteiger partial charge in [-0.05, 0) is 36.8 Å². The van der Waals surface area contributed by atoms with Crippen LogP contribution in [0.3, 0.4) is 0 Å². The van der Waals surface area contributed by atoms with Crippen molar-refractivity contribution in [1.82, 2.24) is 10.6 Å². The summed E-state index contributed by atoms with van der Waals surface area (Å²) in [7, 11) is 0. The Morgan fingerprint density at radius 3 is 2.70 bits per heavy atom. The predicted molar refractivity (Wildman–Crippen MR) is 91.0 cm³/mol. The van der Waals surface area contributed by atoms with Crippen LogP contribution in [-0.4, -0.2) is 19.0 Å². The van der Waals surface area contributed by atoms with Crippen molar-refractivity contribution in [3.05, 3.63) is 59.8 Å². The molecule has 23 heavy (non-hydrogen) atoms. The van der Waals surface area contributed by atoms with E-state index in [9.17, 15) is 4.39 Å². The second-order valence-electron chi connectivity index (χ2n) is 6.02. The molecule has 1 aromatic heterocycles. The molecule has 2 aromatic rings. The molecule has 0 atom stereocenters. The highest BCUT2D eigenvalue weighted by molar-refractivity contribution is 5.79. The molecular weight excluding hydrogens is 293 g/mol. The summed E-state index contributed by atoms with van der Waals surface area (Å²) in [5.41, 5.74) is 0.732. The highest BCUT2D eigenvalue weighted by Crippen LogP contribution is 2.22. The molecule has 0 aliphatic rings. The van der Waals surface area contributed by atoms with Crippen LogP contribution >= 0.6 is 0 Å². The Labute approximate surface area is 136 Å². The number of benzene rings is 1. The summed E-state index contributed by atoms with van der Waals surface area (Å²) in [4.78, 5) is 4.50. The van der Waals surface area contributed by atoms with Crippen molar-refractivity contribution in [3.63, 3.8) is 0 Å². The van der Waals surface area contributed by atoms with Crippen molar-refractivity contribution >= 4 is 5.96 Å².